The van der Waals surface area contributed by atoms with Crippen molar-refractivity contribution < 1.29 is 5.11 Å². The topological polar surface area (TPSA) is 48.4 Å². The standard InChI is InChI=1S/C10H17N3OS/c14-6-10(9-7-15-8-12-9)13-4-1-2-11-3-5-13/h7-8,10-11,14H,1-6H2. The summed E-state index contributed by atoms with van der Waals surface area (Å²) in [6.07, 6.45) is 1.14. The molecule has 15 heavy (non-hydrogen) atoms. The molecule has 0 aromatic carbocycles. The van der Waals surface area contributed by atoms with Crippen molar-refractivity contribution in [2.24, 2.45) is 0 Å². The van der Waals surface area contributed by atoms with Crippen molar-refractivity contribution in [2.75, 3.05) is 32.8 Å². The van der Waals surface area contributed by atoms with Crippen molar-refractivity contribution in [1.29, 1.82) is 0 Å². The summed E-state index contributed by atoms with van der Waals surface area (Å²) in [7, 11) is 0. The molecule has 1 saturated heterocycles. The van der Waals surface area contributed by atoms with Gasteiger partial charge in [-0.1, -0.05) is 0 Å². The second kappa shape index (κ2) is 5.55. The zero-order chi connectivity index (χ0) is 10.5. The number of nitrogens with zero attached hydrogens (tertiary/aromatic N) is 2. The largest absolute Gasteiger partial charge is 0.394 e. The van der Waals surface area contributed by atoms with E-state index in [1.54, 1.807) is 11.3 Å². The van der Waals surface area contributed by atoms with Gasteiger partial charge in [-0.05, 0) is 13.0 Å². The van der Waals surface area contributed by atoms with Crippen LogP contribution in [0.3, 0.4) is 0 Å². The van der Waals surface area contributed by atoms with Crippen LogP contribution in [0.5, 0.6) is 0 Å². The maximum Gasteiger partial charge on any atom is 0.0795 e. The summed E-state index contributed by atoms with van der Waals surface area (Å²) in [5.41, 5.74) is 2.83. The van der Waals surface area contributed by atoms with Crippen LogP contribution in [-0.4, -0.2) is 47.8 Å². The normalized spacial score (nSPS) is 21.1. The summed E-state index contributed by atoms with van der Waals surface area (Å²) in [4.78, 5) is 6.60. The molecule has 0 spiro atoms. The molecule has 2 N–H and O–H groups in total. The summed E-state index contributed by atoms with van der Waals surface area (Å²) < 4.78 is 0. The molecule has 0 radical (unpaired) electrons. The Morgan fingerprint density at radius 1 is 1.53 bits per heavy atom. The SMILES string of the molecule is OCC(c1cscn1)N1CCCNCC1. The number of thiazole rings is 1. The third-order valence-electron chi connectivity index (χ3n) is 2.78. The second-order valence-electron chi connectivity index (χ2n) is 3.75. The highest BCUT2D eigenvalue weighted by Gasteiger charge is 2.21. The number of rotatable bonds is 3. The molecule has 0 bridgehead atoms. The Kier molecular flexibility index (Phi) is 4.08. The third kappa shape index (κ3) is 2.75. The molecule has 1 fully saturated rings. The molecule has 0 aliphatic carbocycles. The van der Waals surface area contributed by atoms with Gasteiger partial charge in [0.1, 0.15) is 0 Å². The Balaban J connectivity index is 2.04. The quantitative estimate of drug-likeness (QED) is 0.788. The first kappa shape index (κ1) is 11.0. The van der Waals surface area contributed by atoms with Crippen molar-refractivity contribution in [3.63, 3.8) is 0 Å². The van der Waals surface area contributed by atoms with Gasteiger partial charge in [0, 0.05) is 25.0 Å². The summed E-state index contributed by atoms with van der Waals surface area (Å²) in [6, 6.07) is 0.0798. The van der Waals surface area contributed by atoms with Gasteiger partial charge in [-0.3, -0.25) is 4.90 Å². The van der Waals surface area contributed by atoms with Gasteiger partial charge in [-0.25, -0.2) is 4.98 Å². The molecule has 84 valence electrons. The van der Waals surface area contributed by atoms with Gasteiger partial charge in [0.15, 0.2) is 0 Å². The highest BCUT2D eigenvalue weighted by Crippen LogP contribution is 2.20. The van der Waals surface area contributed by atoms with E-state index in [4.69, 9.17) is 0 Å². The smallest absolute Gasteiger partial charge is 0.0795 e. The lowest BCUT2D eigenvalue weighted by atomic mass is 10.2. The van der Waals surface area contributed by atoms with Crippen molar-refractivity contribution in [3.05, 3.63) is 16.6 Å². The van der Waals surface area contributed by atoms with Crippen LogP contribution in [0.1, 0.15) is 18.2 Å². The van der Waals surface area contributed by atoms with Crippen molar-refractivity contribution >= 4 is 11.3 Å². The van der Waals surface area contributed by atoms with Gasteiger partial charge in [0.25, 0.3) is 0 Å². The molecule has 2 heterocycles. The molecular weight excluding hydrogens is 210 g/mol. The van der Waals surface area contributed by atoms with Gasteiger partial charge in [-0.15, -0.1) is 11.3 Å². The number of aliphatic hydroxyl groups is 1. The van der Waals surface area contributed by atoms with Gasteiger partial charge in [0.05, 0.1) is 23.9 Å². The van der Waals surface area contributed by atoms with E-state index in [0.717, 1.165) is 38.3 Å². The molecule has 1 atom stereocenters. The van der Waals surface area contributed by atoms with Crippen LogP contribution in [0.25, 0.3) is 0 Å². The summed E-state index contributed by atoms with van der Waals surface area (Å²) in [5.74, 6) is 0. The molecule has 1 aliphatic heterocycles. The highest BCUT2D eigenvalue weighted by atomic mass is 32.1. The van der Waals surface area contributed by atoms with E-state index in [-0.39, 0.29) is 12.6 Å². The number of aliphatic hydroxyl groups excluding tert-OH is 1. The first-order valence-electron chi connectivity index (χ1n) is 5.35. The first-order valence-corrected chi connectivity index (χ1v) is 6.30. The first-order chi connectivity index (χ1) is 7.42. The molecule has 2 rings (SSSR count). The number of hydrogen-bond donors (Lipinski definition) is 2. The molecule has 0 saturated carbocycles. The summed E-state index contributed by atoms with van der Waals surface area (Å²) in [5, 5.41) is 14.8. The second-order valence-corrected chi connectivity index (χ2v) is 4.47. The minimum absolute atomic E-state index is 0.0798. The average Bonchev–Trinajstić information content (AvgIpc) is 2.63. The fourth-order valence-electron chi connectivity index (χ4n) is 1.96. The monoisotopic (exact) mass is 227 g/mol. The fraction of sp³-hybridized carbons (Fsp3) is 0.700. The van der Waals surface area contributed by atoms with Crippen LogP contribution < -0.4 is 5.32 Å². The molecule has 0 amide bonds. The maximum absolute atomic E-state index is 9.44. The van der Waals surface area contributed by atoms with Gasteiger partial charge in [0.2, 0.25) is 0 Å². The maximum atomic E-state index is 9.44. The number of aromatic nitrogens is 1. The van der Waals surface area contributed by atoms with E-state index in [1.807, 2.05) is 10.9 Å². The Labute approximate surface area is 93.9 Å². The predicted molar refractivity (Wildman–Crippen MR) is 61.0 cm³/mol. The fourth-order valence-corrected chi connectivity index (χ4v) is 2.56. The minimum atomic E-state index is 0.0798. The van der Waals surface area contributed by atoms with Crippen molar-refractivity contribution in [2.45, 2.75) is 12.5 Å². The molecular formula is C10H17N3OS. The van der Waals surface area contributed by atoms with E-state index in [0.29, 0.717) is 0 Å². The zero-order valence-electron chi connectivity index (χ0n) is 8.72. The summed E-state index contributed by atoms with van der Waals surface area (Å²) >= 11 is 1.59. The van der Waals surface area contributed by atoms with Crippen LogP contribution in [0.4, 0.5) is 0 Å². The van der Waals surface area contributed by atoms with Crippen LogP contribution >= 0.6 is 11.3 Å². The van der Waals surface area contributed by atoms with E-state index in [1.165, 1.54) is 0 Å². The minimum Gasteiger partial charge on any atom is -0.394 e. The lowest BCUT2D eigenvalue weighted by Crippen LogP contribution is -2.34. The number of hydrogen-bond acceptors (Lipinski definition) is 5. The molecule has 1 aromatic rings. The van der Waals surface area contributed by atoms with Gasteiger partial charge in [-0.2, -0.15) is 0 Å². The van der Waals surface area contributed by atoms with Crippen LogP contribution in [-0.2, 0) is 0 Å². The molecule has 1 aliphatic rings. The van der Waals surface area contributed by atoms with Crippen LogP contribution in [0.15, 0.2) is 10.9 Å². The third-order valence-corrected chi connectivity index (χ3v) is 3.39. The Morgan fingerprint density at radius 3 is 3.20 bits per heavy atom. The molecule has 4 nitrogen and oxygen atoms in total. The van der Waals surface area contributed by atoms with E-state index in [9.17, 15) is 5.11 Å². The lowest BCUT2D eigenvalue weighted by molar-refractivity contribution is 0.127. The highest BCUT2D eigenvalue weighted by molar-refractivity contribution is 7.07. The van der Waals surface area contributed by atoms with E-state index < -0.39 is 0 Å². The Bertz CT molecular complexity index is 270. The van der Waals surface area contributed by atoms with Crippen molar-refractivity contribution in [3.8, 4) is 0 Å². The van der Waals surface area contributed by atoms with Crippen molar-refractivity contribution in [1.82, 2.24) is 15.2 Å². The summed E-state index contributed by atoms with van der Waals surface area (Å²) in [6.45, 7) is 4.26. The number of nitrogens with one attached hydrogen (secondary N) is 1. The van der Waals surface area contributed by atoms with Gasteiger partial charge >= 0.3 is 0 Å². The van der Waals surface area contributed by atoms with Gasteiger partial charge < -0.3 is 10.4 Å². The zero-order valence-corrected chi connectivity index (χ0v) is 9.54. The predicted octanol–water partition coefficient (Wildman–Crippen LogP) is 0.472. The van der Waals surface area contributed by atoms with Crippen LogP contribution in [0, 0.1) is 0 Å². The Morgan fingerprint density at radius 2 is 2.47 bits per heavy atom. The van der Waals surface area contributed by atoms with E-state index >= 15 is 0 Å². The van der Waals surface area contributed by atoms with E-state index in [2.05, 4.69) is 15.2 Å². The molecule has 1 unspecified atom stereocenters. The van der Waals surface area contributed by atoms with Crippen LogP contribution in [0.2, 0.25) is 0 Å². The lowest BCUT2D eigenvalue weighted by Gasteiger charge is -2.27. The molecule has 1 aromatic heterocycles. The molecule has 5 heteroatoms. The average molecular weight is 227 g/mol. The Hall–Kier alpha value is -0.490.